The number of nitrogens with one attached hydrogen (secondary N) is 2. The number of thiophene rings is 1. The number of halogens is 1. The third-order valence-corrected chi connectivity index (χ3v) is 4.46. The largest absolute Gasteiger partial charge is 0.352 e. The molecule has 8 heteroatoms. The van der Waals surface area contributed by atoms with Gasteiger partial charge in [0, 0.05) is 29.7 Å². The summed E-state index contributed by atoms with van der Waals surface area (Å²) in [5.74, 6) is 0.787. The van der Waals surface area contributed by atoms with Gasteiger partial charge in [-0.25, -0.2) is 4.98 Å². The van der Waals surface area contributed by atoms with Crippen LogP contribution in [0, 0.1) is 0 Å². The maximum Gasteiger partial charge on any atom is 0.193 e. The number of rotatable bonds is 4. The molecule has 0 unspecified atom stereocenters. The van der Waals surface area contributed by atoms with Gasteiger partial charge in [-0.15, -0.1) is 46.7 Å². The van der Waals surface area contributed by atoms with Crippen molar-refractivity contribution in [2.24, 2.45) is 4.99 Å². The lowest BCUT2D eigenvalue weighted by Crippen LogP contribution is -2.36. The second-order valence-corrected chi connectivity index (χ2v) is 6.09. The molecule has 0 aromatic carbocycles. The van der Waals surface area contributed by atoms with Crippen molar-refractivity contribution in [3.8, 4) is 0 Å². The number of hydrogen-bond donors (Lipinski definition) is 2. The van der Waals surface area contributed by atoms with Crippen LogP contribution in [0.3, 0.4) is 0 Å². The number of aliphatic imine (C=N–C) groups is 1. The highest BCUT2D eigenvalue weighted by molar-refractivity contribution is 14.0. The molecule has 3 heterocycles. The Balaban J connectivity index is 0.00000161. The molecule has 0 amide bonds. The van der Waals surface area contributed by atoms with Gasteiger partial charge in [-0.1, -0.05) is 6.07 Å². The van der Waals surface area contributed by atoms with Crippen LogP contribution in [0.2, 0.25) is 0 Å². The van der Waals surface area contributed by atoms with Crippen LogP contribution in [0.25, 0.3) is 4.96 Å². The van der Waals surface area contributed by atoms with E-state index >= 15 is 0 Å². The quantitative estimate of drug-likeness (QED) is 0.378. The van der Waals surface area contributed by atoms with E-state index in [9.17, 15) is 0 Å². The average Bonchev–Trinajstić information content (AvgIpc) is 3.15. The Labute approximate surface area is 148 Å². The SMILES string of the molecule is CN=C(NCc1cn2ccsc2n1)NCc1cccs1.I. The third-order valence-electron chi connectivity index (χ3n) is 2.81. The predicted octanol–water partition coefficient (Wildman–Crippen LogP) is 2.94. The lowest BCUT2D eigenvalue weighted by molar-refractivity contribution is 0.804. The van der Waals surface area contributed by atoms with Crippen LogP contribution >= 0.6 is 46.7 Å². The number of hydrogen-bond acceptors (Lipinski definition) is 4. The minimum atomic E-state index is 0. The molecule has 5 nitrogen and oxygen atoms in total. The van der Waals surface area contributed by atoms with Gasteiger partial charge in [0.15, 0.2) is 10.9 Å². The standard InChI is InChI=1S/C13H15N5S2.HI/c1-14-12(16-8-11-3-2-5-19-11)15-7-10-9-18-4-6-20-13(18)17-10;/h2-6,9H,7-8H2,1H3,(H2,14,15,16);1H. The molecule has 3 rings (SSSR count). The first-order valence-corrected chi connectivity index (χ1v) is 7.99. The zero-order valence-corrected chi connectivity index (χ0v) is 15.4. The van der Waals surface area contributed by atoms with Gasteiger partial charge in [0.25, 0.3) is 0 Å². The molecular weight excluding hydrogens is 417 g/mol. The summed E-state index contributed by atoms with van der Waals surface area (Å²) < 4.78 is 2.03. The zero-order chi connectivity index (χ0) is 13.8. The summed E-state index contributed by atoms with van der Waals surface area (Å²) in [6.45, 7) is 1.45. The first-order chi connectivity index (χ1) is 9.85. The molecule has 0 radical (unpaired) electrons. The molecule has 0 fully saturated rings. The van der Waals surface area contributed by atoms with Crippen LogP contribution in [-0.2, 0) is 13.1 Å². The maximum absolute atomic E-state index is 4.53. The third kappa shape index (κ3) is 4.17. The summed E-state index contributed by atoms with van der Waals surface area (Å²) in [4.78, 5) is 11.0. The molecule has 0 aliphatic rings. The van der Waals surface area contributed by atoms with E-state index in [0.29, 0.717) is 6.54 Å². The highest BCUT2D eigenvalue weighted by Gasteiger charge is 2.04. The summed E-state index contributed by atoms with van der Waals surface area (Å²) in [6, 6.07) is 4.16. The van der Waals surface area contributed by atoms with Crippen LogP contribution in [-0.4, -0.2) is 22.4 Å². The van der Waals surface area contributed by atoms with E-state index in [1.165, 1.54) is 4.88 Å². The van der Waals surface area contributed by atoms with Gasteiger partial charge in [0.05, 0.1) is 18.8 Å². The van der Waals surface area contributed by atoms with Crippen LogP contribution in [0.4, 0.5) is 0 Å². The van der Waals surface area contributed by atoms with Crippen LogP contribution in [0.5, 0.6) is 0 Å². The molecule has 0 atom stereocenters. The van der Waals surface area contributed by atoms with E-state index in [2.05, 4.69) is 38.1 Å². The van der Waals surface area contributed by atoms with Crippen molar-refractivity contribution in [3.63, 3.8) is 0 Å². The molecule has 0 saturated heterocycles. The Kier molecular flexibility index (Phi) is 6.00. The highest BCUT2D eigenvalue weighted by atomic mass is 127. The molecule has 0 aliphatic carbocycles. The topological polar surface area (TPSA) is 53.7 Å². The van der Waals surface area contributed by atoms with E-state index in [4.69, 9.17) is 0 Å². The second kappa shape index (κ2) is 7.76. The van der Waals surface area contributed by atoms with Crippen molar-refractivity contribution in [1.82, 2.24) is 20.0 Å². The lowest BCUT2D eigenvalue weighted by Gasteiger charge is -2.09. The Hall–Kier alpha value is -1.13. The highest BCUT2D eigenvalue weighted by Crippen LogP contribution is 2.11. The van der Waals surface area contributed by atoms with Gasteiger partial charge in [-0.05, 0) is 11.4 Å². The zero-order valence-electron chi connectivity index (χ0n) is 11.4. The van der Waals surface area contributed by atoms with Gasteiger partial charge >= 0.3 is 0 Å². The lowest BCUT2D eigenvalue weighted by atomic mass is 10.4. The molecule has 3 aromatic rings. The Bertz CT molecular complexity index is 673. The first kappa shape index (κ1) is 16.2. The first-order valence-electron chi connectivity index (χ1n) is 6.23. The molecule has 0 bridgehead atoms. The van der Waals surface area contributed by atoms with E-state index in [1.54, 1.807) is 29.7 Å². The number of guanidine groups is 1. The van der Waals surface area contributed by atoms with Crippen molar-refractivity contribution in [2.45, 2.75) is 13.1 Å². The molecule has 0 saturated carbocycles. The van der Waals surface area contributed by atoms with E-state index in [-0.39, 0.29) is 24.0 Å². The number of aromatic nitrogens is 2. The molecule has 21 heavy (non-hydrogen) atoms. The van der Waals surface area contributed by atoms with E-state index < -0.39 is 0 Å². The fourth-order valence-corrected chi connectivity index (χ4v) is 3.20. The minimum absolute atomic E-state index is 0. The van der Waals surface area contributed by atoms with Crippen LogP contribution < -0.4 is 10.6 Å². The number of thiazole rings is 1. The van der Waals surface area contributed by atoms with Gasteiger partial charge in [0.2, 0.25) is 0 Å². The fraction of sp³-hybridized carbons (Fsp3) is 0.231. The molecule has 112 valence electrons. The van der Waals surface area contributed by atoms with Gasteiger partial charge < -0.3 is 10.6 Å². The maximum atomic E-state index is 4.53. The smallest absolute Gasteiger partial charge is 0.193 e. The molecule has 2 N–H and O–H groups in total. The average molecular weight is 433 g/mol. The van der Waals surface area contributed by atoms with Gasteiger partial charge in [-0.2, -0.15) is 0 Å². The van der Waals surface area contributed by atoms with Crippen LogP contribution in [0.15, 0.2) is 40.3 Å². The van der Waals surface area contributed by atoms with Crippen molar-refractivity contribution in [3.05, 3.63) is 45.9 Å². The fourth-order valence-electron chi connectivity index (χ4n) is 1.84. The summed E-state index contributed by atoms with van der Waals surface area (Å²) in [6.07, 6.45) is 4.05. The molecule has 0 aliphatic heterocycles. The Morgan fingerprint density at radius 1 is 1.29 bits per heavy atom. The normalized spacial score (nSPS) is 11.4. The molecular formula is C13H16IN5S2. The monoisotopic (exact) mass is 433 g/mol. The van der Waals surface area contributed by atoms with Crippen molar-refractivity contribution in [1.29, 1.82) is 0 Å². The second-order valence-electron chi connectivity index (χ2n) is 4.18. The number of imidazole rings is 1. The number of nitrogens with zero attached hydrogens (tertiary/aromatic N) is 3. The van der Waals surface area contributed by atoms with Crippen LogP contribution in [0.1, 0.15) is 10.6 Å². The van der Waals surface area contributed by atoms with Gasteiger partial charge in [-0.3, -0.25) is 9.39 Å². The number of fused-ring (bicyclic) bond motifs is 1. The summed E-state index contributed by atoms with van der Waals surface area (Å²) in [5, 5.41) is 10.7. The Morgan fingerprint density at radius 2 is 2.14 bits per heavy atom. The summed E-state index contributed by atoms with van der Waals surface area (Å²) in [5.41, 5.74) is 1.01. The van der Waals surface area contributed by atoms with E-state index in [0.717, 1.165) is 23.2 Å². The van der Waals surface area contributed by atoms with Crippen molar-refractivity contribution >= 4 is 57.6 Å². The van der Waals surface area contributed by atoms with E-state index in [1.807, 2.05) is 22.2 Å². The van der Waals surface area contributed by atoms with Crippen molar-refractivity contribution < 1.29 is 0 Å². The van der Waals surface area contributed by atoms with Gasteiger partial charge in [0.1, 0.15) is 0 Å². The molecule has 3 aromatic heterocycles. The Morgan fingerprint density at radius 3 is 2.86 bits per heavy atom. The summed E-state index contributed by atoms with van der Waals surface area (Å²) >= 11 is 3.37. The minimum Gasteiger partial charge on any atom is -0.352 e. The predicted molar refractivity (Wildman–Crippen MR) is 99.8 cm³/mol. The molecule has 0 spiro atoms. The van der Waals surface area contributed by atoms with Crippen molar-refractivity contribution in [2.75, 3.05) is 7.05 Å². The summed E-state index contributed by atoms with van der Waals surface area (Å²) in [7, 11) is 1.77.